The van der Waals surface area contributed by atoms with Gasteiger partial charge in [-0.05, 0) is 31.2 Å². The Morgan fingerprint density at radius 1 is 1.35 bits per heavy atom. The lowest BCUT2D eigenvalue weighted by atomic mass is 10.2. The summed E-state index contributed by atoms with van der Waals surface area (Å²) in [7, 11) is 3.47. The zero-order valence-electron chi connectivity index (χ0n) is 11.4. The van der Waals surface area contributed by atoms with Crippen LogP contribution < -0.4 is 0 Å². The number of halogens is 1. The minimum atomic E-state index is -0.223. The first-order chi connectivity index (χ1) is 9.47. The number of hydrogen-bond donors (Lipinski definition) is 1. The number of benzene rings is 1. The van der Waals surface area contributed by atoms with E-state index in [-0.39, 0.29) is 11.2 Å². The molecular formula is C13H15ClN4OS. The summed E-state index contributed by atoms with van der Waals surface area (Å²) in [6.07, 6.45) is 0. The third kappa shape index (κ3) is 3.52. The number of hydrogen-bond acceptors (Lipinski definition) is 4. The lowest BCUT2D eigenvalue weighted by Crippen LogP contribution is -2.29. The molecule has 1 aromatic heterocycles. The molecule has 0 radical (unpaired) electrons. The fraction of sp³-hybridized carbons (Fsp3) is 0.308. The van der Waals surface area contributed by atoms with E-state index < -0.39 is 0 Å². The minimum absolute atomic E-state index is 0.0350. The summed E-state index contributed by atoms with van der Waals surface area (Å²) in [4.78, 5) is 17.7. The Hall–Kier alpha value is -1.53. The number of nitrogens with one attached hydrogen (secondary N) is 1. The monoisotopic (exact) mass is 310 g/mol. The van der Waals surface area contributed by atoms with Gasteiger partial charge in [0, 0.05) is 24.7 Å². The number of carbonyl (C=O) groups is 1. The molecule has 106 valence electrons. The Kier molecular flexibility index (Phi) is 4.67. The Balaban J connectivity index is 2.09. The van der Waals surface area contributed by atoms with Gasteiger partial charge >= 0.3 is 0 Å². The molecule has 0 aliphatic carbocycles. The molecule has 1 heterocycles. The van der Waals surface area contributed by atoms with Gasteiger partial charge in [-0.2, -0.15) is 0 Å². The third-order valence-corrected chi connectivity index (χ3v) is 3.85. The van der Waals surface area contributed by atoms with Crippen LogP contribution >= 0.6 is 23.4 Å². The van der Waals surface area contributed by atoms with E-state index in [1.54, 1.807) is 31.1 Å². The summed E-state index contributed by atoms with van der Waals surface area (Å²) in [5.41, 5.74) is 0.903. The molecule has 1 unspecified atom stereocenters. The summed E-state index contributed by atoms with van der Waals surface area (Å²) in [5, 5.41) is 7.99. The Morgan fingerprint density at radius 2 is 2.00 bits per heavy atom. The number of rotatable bonds is 4. The molecule has 7 heteroatoms. The largest absolute Gasteiger partial charge is 0.348 e. The van der Waals surface area contributed by atoms with E-state index in [0.717, 1.165) is 5.56 Å². The smallest absolute Gasteiger partial charge is 0.235 e. The summed E-state index contributed by atoms with van der Waals surface area (Å²) < 4.78 is 0. The standard InChI is InChI=1S/C13H15ClN4OS/c1-8(12(19)18(2)3)20-13-15-11(16-17-13)9-4-6-10(14)7-5-9/h4-8H,1-3H3,(H,15,16,17). The zero-order chi connectivity index (χ0) is 14.7. The van der Waals surface area contributed by atoms with Gasteiger partial charge in [0.2, 0.25) is 11.1 Å². The van der Waals surface area contributed by atoms with Crippen LogP contribution in [0.25, 0.3) is 11.4 Å². The first-order valence-electron chi connectivity index (χ1n) is 6.03. The maximum Gasteiger partial charge on any atom is 0.235 e. The maximum absolute atomic E-state index is 11.8. The SMILES string of the molecule is CC(Sc1n[nH]c(-c2ccc(Cl)cc2)n1)C(=O)N(C)C. The summed E-state index contributed by atoms with van der Waals surface area (Å²) in [5.74, 6) is 0.696. The van der Waals surface area contributed by atoms with Crippen LogP contribution in [-0.2, 0) is 4.79 Å². The van der Waals surface area contributed by atoms with Crippen LogP contribution in [0.15, 0.2) is 29.4 Å². The van der Waals surface area contributed by atoms with Crippen LogP contribution in [0.3, 0.4) is 0 Å². The van der Waals surface area contributed by atoms with Gasteiger partial charge in [0.1, 0.15) is 0 Å². The van der Waals surface area contributed by atoms with Crippen LogP contribution in [0.2, 0.25) is 5.02 Å². The number of nitrogens with zero attached hydrogens (tertiary/aromatic N) is 3. The maximum atomic E-state index is 11.8. The van der Waals surface area contributed by atoms with Crippen LogP contribution in [0, 0.1) is 0 Å². The van der Waals surface area contributed by atoms with Gasteiger partial charge in [-0.15, -0.1) is 5.10 Å². The Morgan fingerprint density at radius 3 is 2.60 bits per heavy atom. The predicted molar refractivity (Wildman–Crippen MR) is 80.8 cm³/mol. The van der Waals surface area contributed by atoms with Gasteiger partial charge in [0.15, 0.2) is 5.82 Å². The van der Waals surface area contributed by atoms with Crippen molar-refractivity contribution in [1.82, 2.24) is 20.1 Å². The van der Waals surface area contributed by atoms with Crippen molar-refractivity contribution in [2.24, 2.45) is 0 Å². The van der Waals surface area contributed by atoms with Crippen LogP contribution in [-0.4, -0.2) is 45.3 Å². The van der Waals surface area contributed by atoms with E-state index in [4.69, 9.17) is 11.6 Å². The van der Waals surface area contributed by atoms with Gasteiger partial charge in [0.05, 0.1) is 5.25 Å². The molecule has 0 saturated carbocycles. The number of amides is 1. The van der Waals surface area contributed by atoms with Crippen LogP contribution in [0.1, 0.15) is 6.92 Å². The predicted octanol–water partition coefficient (Wildman–Crippen LogP) is 2.69. The molecule has 0 aliphatic rings. The second kappa shape index (κ2) is 6.28. The van der Waals surface area contributed by atoms with Gasteiger partial charge in [-0.25, -0.2) is 4.98 Å². The Bertz CT molecular complexity index is 597. The van der Waals surface area contributed by atoms with Crippen molar-refractivity contribution in [3.63, 3.8) is 0 Å². The van der Waals surface area contributed by atoms with Crippen molar-refractivity contribution in [3.05, 3.63) is 29.3 Å². The van der Waals surface area contributed by atoms with Gasteiger partial charge in [0.25, 0.3) is 0 Å². The van der Waals surface area contributed by atoms with Crippen molar-refractivity contribution in [2.75, 3.05) is 14.1 Å². The second-order valence-electron chi connectivity index (χ2n) is 4.47. The zero-order valence-corrected chi connectivity index (χ0v) is 13.0. The van der Waals surface area contributed by atoms with Crippen molar-refractivity contribution in [3.8, 4) is 11.4 Å². The number of thioether (sulfide) groups is 1. The average Bonchev–Trinajstić information content (AvgIpc) is 2.87. The van der Waals surface area contributed by atoms with E-state index in [9.17, 15) is 4.79 Å². The highest BCUT2D eigenvalue weighted by molar-refractivity contribution is 8.00. The molecule has 0 bridgehead atoms. The minimum Gasteiger partial charge on any atom is -0.348 e. The second-order valence-corrected chi connectivity index (χ2v) is 6.21. The normalized spacial score (nSPS) is 12.2. The van der Waals surface area contributed by atoms with Gasteiger partial charge in [-0.3, -0.25) is 9.89 Å². The molecule has 2 rings (SSSR count). The first kappa shape index (κ1) is 14.9. The molecule has 0 aliphatic heterocycles. The number of aromatic amines is 1. The quantitative estimate of drug-likeness (QED) is 0.882. The molecule has 5 nitrogen and oxygen atoms in total. The third-order valence-electron chi connectivity index (χ3n) is 2.65. The highest BCUT2D eigenvalue weighted by atomic mass is 35.5. The number of aromatic nitrogens is 3. The summed E-state index contributed by atoms with van der Waals surface area (Å²) in [6.45, 7) is 1.84. The van der Waals surface area contributed by atoms with E-state index in [1.807, 2.05) is 19.1 Å². The van der Waals surface area contributed by atoms with Crippen molar-refractivity contribution in [1.29, 1.82) is 0 Å². The fourth-order valence-corrected chi connectivity index (χ4v) is 2.60. The summed E-state index contributed by atoms with van der Waals surface area (Å²) in [6, 6.07) is 7.33. The molecule has 0 fully saturated rings. The van der Waals surface area contributed by atoms with Gasteiger partial charge < -0.3 is 4.90 Å². The number of H-pyrrole nitrogens is 1. The highest BCUT2D eigenvalue weighted by Crippen LogP contribution is 2.24. The summed E-state index contributed by atoms with van der Waals surface area (Å²) >= 11 is 7.17. The van der Waals surface area contributed by atoms with Crippen LogP contribution in [0.4, 0.5) is 0 Å². The molecule has 1 amide bonds. The molecule has 0 spiro atoms. The van der Waals surface area contributed by atoms with Crippen molar-refractivity contribution in [2.45, 2.75) is 17.3 Å². The van der Waals surface area contributed by atoms with Crippen molar-refractivity contribution < 1.29 is 4.79 Å². The molecular weight excluding hydrogens is 296 g/mol. The molecule has 1 aromatic carbocycles. The topological polar surface area (TPSA) is 61.9 Å². The average molecular weight is 311 g/mol. The van der Waals surface area contributed by atoms with Crippen molar-refractivity contribution >= 4 is 29.3 Å². The molecule has 1 atom stereocenters. The van der Waals surface area contributed by atoms with E-state index >= 15 is 0 Å². The van der Waals surface area contributed by atoms with Crippen LogP contribution in [0.5, 0.6) is 0 Å². The lowest BCUT2D eigenvalue weighted by molar-refractivity contribution is -0.127. The fourth-order valence-electron chi connectivity index (χ4n) is 1.61. The molecule has 2 aromatic rings. The Labute approximate surface area is 126 Å². The molecule has 1 N–H and O–H groups in total. The molecule has 20 heavy (non-hydrogen) atoms. The van der Waals surface area contributed by atoms with E-state index in [0.29, 0.717) is 16.0 Å². The first-order valence-corrected chi connectivity index (χ1v) is 7.29. The number of carbonyl (C=O) groups excluding carboxylic acids is 1. The highest BCUT2D eigenvalue weighted by Gasteiger charge is 2.18. The van der Waals surface area contributed by atoms with E-state index in [1.165, 1.54) is 11.8 Å². The lowest BCUT2D eigenvalue weighted by Gasteiger charge is -2.14. The van der Waals surface area contributed by atoms with E-state index in [2.05, 4.69) is 15.2 Å². The van der Waals surface area contributed by atoms with Gasteiger partial charge in [-0.1, -0.05) is 23.4 Å². The molecule has 0 saturated heterocycles.